The van der Waals surface area contributed by atoms with Gasteiger partial charge in [-0.25, -0.2) is 4.79 Å². The van der Waals surface area contributed by atoms with Gasteiger partial charge in [0.05, 0.1) is 18.8 Å². The van der Waals surface area contributed by atoms with Gasteiger partial charge in [0.25, 0.3) is 0 Å². The Morgan fingerprint density at radius 3 is 2.42 bits per heavy atom. The van der Waals surface area contributed by atoms with Crippen LogP contribution >= 0.6 is 0 Å². The van der Waals surface area contributed by atoms with Crippen LogP contribution in [0.5, 0.6) is 5.75 Å². The van der Waals surface area contributed by atoms with E-state index in [4.69, 9.17) is 9.47 Å². The number of ether oxygens (including phenoxy) is 2. The van der Waals surface area contributed by atoms with Crippen LogP contribution in [0.2, 0.25) is 0 Å². The summed E-state index contributed by atoms with van der Waals surface area (Å²) in [6, 6.07) is 12.1. The second kappa shape index (κ2) is 7.02. The lowest BCUT2D eigenvalue weighted by molar-refractivity contribution is 0.0601. The quantitative estimate of drug-likeness (QED) is 0.598. The molecule has 1 heterocycles. The maximum absolute atomic E-state index is 11.9. The molecule has 0 N–H and O–H groups in total. The van der Waals surface area contributed by atoms with Gasteiger partial charge in [-0.3, -0.25) is 0 Å². The molecule has 3 aromatic rings. The van der Waals surface area contributed by atoms with E-state index in [1.54, 1.807) is 0 Å². The summed E-state index contributed by atoms with van der Waals surface area (Å²) >= 11 is 0. The van der Waals surface area contributed by atoms with E-state index in [-0.39, 0.29) is 5.97 Å². The highest BCUT2D eigenvalue weighted by molar-refractivity contribution is 6.10. The number of fused-ring (bicyclic) bond motifs is 3. The SMILES string of the molecule is CCn1c2ccc(OC3CCCCC3)cc2c2cc(C(=O)OC)ccc21. The van der Waals surface area contributed by atoms with E-state index >= 15 is 0 Å². The number of hydrogen-bond acceptors (Lipinski definition) is 3. The van der Waals surface area contributed by atoms with Gasteiger partial charge in [-0.15, -0.1) is 0 Å². The fraction of sp³-hybridized carbons (Fsp3) is 0.409. The first-order valence-electron chi connectivity index (χ1n) is 9.52. The molecule has 0 atom stereocenters. The lowest BCUT2D eigenvalue weighted by Crippen LogP contribution is -2.19. The van der Waals surface area contributed by atoms with E-state index in [2.05, 4.69) is 29.7 Å². The zero-order valence-electron chi connectivity index (χ0n) is 15.5. The number of methoxy groups -OCH3 is 1. The third kappa shape index (κ3) is 2.94. The number of carbonyl (C=O) groups is 1. The van der Waals surface area contributed by atoms with Crippen molar-refractivity contribution in [1.29, 1.82) is 0 Å². The van der Waals surface area contributed by atoms with Crippen LogP contribution in [0.25, 0.3) is 21.8 Å². The van der Waals surface area contributed by atoms with Crippen molar-refractivity contribution in [2.45, 2.75) is 51.7 Å². The Hall–Kier alpha value is -2.49. The van der Waals surface area contributed by atoms with Crippen LogP contribution in [-0.4, -0.2) is 23.8 Å². The molecule has 26 heavy (non-hydrogen) atoms. The fourth-order valence-electron chi connectivity index (χ4n) is 4.12. The van der Waals surface area contributed by atoms with Crippen molar-refractivity contribution in [2.24, 2.45) is 0 Å². The van der Waals surface area contributed by atoms with Crippen LogP contribution in [0, 0.1) is 0 Å². The van der Waals surface area contributed by atoms with E-state index in [1.165, 1.54) is 31.9 Å². The normalized spacial score (nSPS) is 15.5. The van der Waals surface area contributed by atoms with Crippen molar-refractivity contribution in [1.82, 2.24) is 4.57 Å². The lowest BCUT2D eigenvalue weighted by atomic mass is 9.98. The lowest BCUT2D eigenvalue weighted by Gasteiger charge is -2.23. The molecule has 4 rings (SSSR count). The van der Waals surface area contributed by atoms with Gasteiger partial charge in [0.15, 0.2) is 0 Å². The monoisotopic (exact) mass is 351 g/mol. The summed E-state index contributed by atoms with van der Waals surface area (Å²) in [4.78, 5) is 11.9. The number of esters is 1. The molecule has 0 aliphatic heterocycles. The molecule has 1 aromatic heterocycles. The van der Waals surface area contributed by atoms with Gasteiger partial charge in [-0.05, 0) is 69.0 Å². The zero-order chi connectivity index (χ0) is 18.1. The molecule has 0 radical (unpaired) electrons. The Kier molecular flexibility index (Phi) is 4.58. The number of carbonyl (C=O) groups excluding carboxylic acids is 1. The fourth-order valence-corrected chi connectivity index (χ4v) is 4.12. The maximum atomic E-state index is 11.9. The van der Waals surface area contributed by atoms with Gasteiger partial charge in [0.1, 0.15) is 5.75 Å². The highest BCUT2D eigenvalue weighted by atomic mass is 16.5. The Bertz CT molecular complexity index is 951. The number of benzene rings is 2. The molecule has 2 aromatic carbocycles. The van der Waals surface area contributed by atoms with Crippen LogP contribution in [-0.2, 0) is 11.3 Å². The topological polar surface area (TPSA) is 40.5 Å². The van der Waals surface area contributed by atoms with Crippen LogP contribution in [0.3, 0.4) is 0 Å². The molecule has 0 spiro atoms. The van der Waals surface area contributed by atoms with Gasteiger partial charge in [-0.1, -0.05) is 6.42 Å². The average molecular weight is 351 g/mol. The summed E-state index contributed by atoms with van der Waals surface area (Å²) in [5, 5.41) is 2.19. The van der Waals surface area contributed by atoms with Crippen LogP contribution in [0.1, 0.15) is 49.4 Å². The van der Waals surface area contributed by atoms with E-state index in [1.807, 2.05) is 18.2 Å². The summed E-state index contributed by atoms with van der Waals surface area (Å²) < 4.78 is 13.4. The first-order valence-corrected chi connectivity index (χ1v) is 9.52. The van der Waals surface area contributed by atoms with Gasteiger partial charge in [0.2, 0.25) is 0 Å². The summed E-state index contributed by atoms with van der Waals surface area (Å²) in [5.41, 5.74) is 2.87. The van der Waals surface area contributed by atoms with Crippen molar-refractivity contribution in [3.8, 4) is 5.75 Å². The van der Waals surface area contributed by atoms with Gasteiger partial charge >= 0.3 is 5.97 Å². The van der Waals surface area contributed by atoms with E-state index in [0.29, 0.717) is 11.7 Å². The largest absolute Gasteiger partial charge is 0.490 e. The molecule has 4 heteroatoms. The maximum Gasteiger partial charge on any atom is 0.337 e. The molecule has 136 valence electrons. The summed E-state index contributed by atoms with van der Waals surface area (Å²) in [6.45, 7) is 3.01. The first kappa shape index (κ1) is 17.0. The van der Waals surface area contributed by atoms with E-state index in [9.17, 15) is 4.79 Å². The predicted octanol–water partition coefficient (Wildman–Crippen LogP) is 5.31. The van der Waals surface area contributed by atoms with E-state index in [0.717, 1.165) is 41.4 Å². The smallest absolute Gasteiger partial charge is 0.337 e. The highest BCUT2D eigenvalue weighted by Gasteiger charge is 2.17. The highest BCUT2D eigenvalue weighted by Crippen LogP contribution is 2.33. The molecule has 1 aliphatic rings. The molecule has 1 saturated carbocycles. The second-order valence-electron chi connectivity index (χ2n) is 7.02. The van der Waals surface area contributed by atoms with Gasteiger partial charge < -0.3 is 14.0 Å². The van der Waals surface area contributed by atoms with Crippen LogP contribution in [0.15, 0.2) is 36.4 Å². The predicted molar refractivity (Wildman–Crippen MR) is 104 cm³/mol. The molecular weight excluding hydrogens is 326 g/mol. The van der Waals surface area contributed by atoms with Gasteiger partial charge in [0, 0.05) is 28.4 Å². The minimum atomic E-state index is -0.307. The van der Waals surface area contributed by atoms with Crippen molar-refractivity contribution in [3.63, 3.8) is 0 Å². The Labute approximate surface area is 153 Å². The van der Waals surface area contributed by atoms with Crippen molar-refractivity contribution in [3.05, 3.63) is 42.0 Å². The molecule has 0 saturated heterocycles. The van der Waals surface area contributed by atoms with Crippen LogP contribution < -0.4 is 4.74 Å². The first-order chi connectivity index (χ1) is 12.7. The average Bonchev–Trinajstić information content (AvgIpc) is 3.00. The van der Waals surface area contributed by atoms with Crippen LogP contribution in [0.4, 0.5) is 0 Å². The number of rotatable bonds is 4. The van der Waals surface area contributed by atoms with Gasteiger partial charge in [-0.2, -0.15) is 0 Å². The van der Waals surface area contributed by atoms with Crippen molar-refractivity contribution in [2.75, 3.05) is 7.11 Å². The van der Waals surface area contributed by atoms with Crippen molar-refractivity contribution < 1.29 is 14.3 Å². The second-order valence-corrected chi connectivity index (χ2v) is 7.02. The summed E-state index contributed by atoms with van der Waals surface area (Å²) in [7, 11) is 1.41. The molecular formula is C22H25NO3. The molecule has 0 bridgehead atoms. The molecule has 0 amide bonds. The standard InChI is InChI=1S/C22H25NO3/c1-3-23-20-11-9-15(22(24)25-2)13-18(20)19-14-17(10-12-21(19)23)26-16-7-5-4-6-8-16/h9-14,16H,3-8H2,1-2H3. The summed E-state index contributed by atoms with van der Waals surface area (Å²) in [6.07, 6.45) is 6.43. The molecule has 4 nitrogen and oxygen atoms in total. The minimum Gasteiger partial charge on any atom is -0.490 e. The Morgan fingerprint density at radius 1 is 1.04 bits per heavy atom. The summed E-state index contributed by atoms with van der Waals surface area (Å²) in [5.74, 6) is 0.613. The number of aromatic nitrogens is 1. The molecule has 1 fully saturated rings. The third-order valence-electron chi connectivity index (χ3n) is 5.43. The number of nitrogens with zero attached hydrogens (tertiary/aromatic N) is 1. The number of hydrogen-bond donors (Lipinski definition) is 0. The van der Waals surface area contributed by atoms with Crippen molar-refractivity contribution >= 4 is 27.8 Å². The Balaban J connectivity index is 1.81. The number of aryl methyl sites for hydroxylation is 1. The van der Waals surface area contributed by atoms with E-state index < -0.39 is 0 Å². The minimum absolute atomic E-state index is 0.307. The molecule has 1 aliphatic carbocycles. The molecule has 0 unspecified atom stereocenters. The Morgan fingerprint density at radius 2 is 1.73 bits per heavy atom. The zero-order valence-corrected chi connectivity index (χ0v) is 15.5. The third-order valence-corrected chi connectivity index (χ3v) is 5.43.